The third kappa shape index (κ3) is 2.16. The molecule has 3 rings (SSSR count). The molecule has 0 fully saturated rings. The average Bonchev–Trinajstić information content (AvgIpc) is 2.85. The lowest BCUT2D eigenvalue weighted by Gasteiger charge is -2.08. The number of benzene rings is 2. The summed E-state index contributed by atoms with van der Waals surface area (Å²) >= 11 is 0. The van der Waals surface area contributed by atoms with E-state index in [9.17, 15) is 4.39 Å². The summed E-state index contributed by atoms with van der Waals surface area (Å²) in [6.45, 7) is 1.39. The fraction of sp³-hybridized carbons (Fsp3) is 0.200. The predicted molar refractivity (Wildman–Crippen MR) is 69.4 cm³/mol. The van der Waals surface area contributed by atoms with Crippen molar-refractivity contribution in [3.63, 3.8) is 0 Å². The molecule has 0 aromatic heterocycles. The molecular formula is C15H14FNO. The van der Waals surface area contributed by atoms with E-state index in [1.54, 1.807) is 18.2 Å². The Morgan fingerprint density at radius 3 is 2.94 bits per heavy atom. The van der Waals surface area contributed by atoms with E-state index in [2.05, 4.69) is 17.4 Å². The number of fused-ring (bicyclic) bond motifs is 1. The molecule has 1 heterocycles. The molecule has 0 atom stereocenters. The molecule has 92 valence electrons. The van der Waals surface area contributed by atoms with Gasteiger partial charge in [-0.1, -0.05) is 24.3 Å². The van der Waals surface area contributed by atoms with Crippen LogP contribution in [-0.2, 0) is 13.0 Å². The third-order valence-electron chi connectivity index (χ3n) is 3.11. The normalized spacial score (nSPS) is 12.9. The van der Waals surface area contributed by atoms with E-state index in [1.807, 2.05) is 6.07 Å². The summed E-state index contributed by atoms with van der Waals surface area (Å²) in [4.78, 5) is 0. The van der Waals surface area contributed by atoms with Crippen LogP contribution in [0.2, 0.25) is 0 Å². The molecule has 2 aromatic rings. The molecule has 1 N–H and O–H groups in total. The topological polar surface area (TPSA) is 21.3 Å². The second-order valence-electron chi connectivity index (χ2n) is 4.39. The van der Waals surface area contributed by atoms with Gasteiger partial charge in [0.05, 0.1) is 0 Å². The van der Waals surface area contributed by atoms with E-state index in [0.29, 0.717) is 12.4 Å². The van der Waals surface area contributed by atoms with Crippen molar-refractivity contribution in [2.75, 3.05) is 11.9 Å². The Kier molecular flexibility index (Phi) is 2.89. The van der Waals surface area contributed by atoms with Gasteiger partial charge < -0.3 is 10.1 Å². The van der Waals surface area contributed by atoms with Crippen LogP contribution in [0, 0.1) is 5.82 Å². The number of rotatable bonds is 3. The zero-order valence-electron chi connectivity index (χ0n) is 9.95. The number of hydrogen-bond donors (Lipinski definition) is 1. The van der Waals surface area contributed by atoms with E-state index in [1.165, 1.54) is 17.3 Å². The number of anilines is 1. The maximum Gasteiger partial charge on any atom is 0.165 e. The van der Waals surface area contributed by atoms with Crippen molar-refractivity contribution < 1.29 is 9.13 Å². The number of halogens is 1. The van der Waals surface area contributed by atoms with Gasteiger partial charge in [0.25, 0.3) is 0 Å². The Hall–Kier alpha value is -2.03. The standard InChI is InChI=1S/C15H14FNO/c16-13-3-1-2-4-15(13)18-10-11-5-6-14-12(9-11)7-8-17-14/h1-6,9,17H,7-8,10H2. The third-order valence-corrected chi connectivity index (χ3v) is 3.11. The van der Waals surface area contributed by atoms with Crippen LogP contribution < -0.4 is 10.1 Å². The molecule has 0 radical (unpaired) electrons. The first-order valence-corrected chi connectivity index (χ1v) is 6.06. The molecule has 0 bridgehead atoms. The van der Waals surface area contributed by atoms with Gasteiger partial charge in [-0.25, -0.2) is 4.39 Å². The van der Waals surface area contributed by atoms with E-state index in [0.717, 1.165) is 18.5 Å². The average molecular weight is 243 g/mol. The molecule has 0 saturated heterocycles. The molecule has 2 nitrogen and oxygen atoms in total. The molecular weight excluding hydrogens is 229 g/mol. The van der Waals surface area contributed by atoms with E-state index >= 15 is 0 Å². The Morgan fingerprint density at radius 2 is 2.06 bits per heavy atom. The van der Waals surface area contributed by atoms with Gasteiger partial charge in [-0.3, -0.25) is 0 Å². The van der Waals surface area contributed by atoms with Gasteiger partial charge in [-0.2, -0.15) is 0 Å². The van der Waals surface area contributed by atoms with E-state index < -0.39 is 0 Å². The van der Waals surface area contributed by atoms with Crippen LogP contribution in [0.1, 0.15) is 11.1 Å². The molecule has 0 amide bonds. The number of nitrogens with one attached hydrogen (secondary N) is 1. The monoisotopic (exact) mass is 243 g/mol. The van der Waals surface area contributed by atoms with Gasteiger partial charge in [0.15, 0.2) is 11.6 Å². The van der Waals surface area contributed by atoms with Crippen molar-refractivity contribution in [2.24, 2.45) is 0 Å². The molecule has 0 spiro atoms. The lowest BCUT2D eigenvalue weighted by Crippen LogP contribution is -1.97. The van der Waals surface area contributed by atoms with Gasteiger partial charge in [0.2, 0.25) is 0 Å². The molecule has 1 aliphatic rings. The van der Waals surface area contributed by atoms with Gasteiger partial charge in [-0.05, 0) is 35.7 Å². The SMILES string of the molecule is Fc1ccccc1OCc1ccc2c(c1)CCN2. The van der Waals surface area contributed by atoms with Crippen molar-refractivity contribution in [1.29, 1.82) is 0 Å². The molecule has 3 heteroatoms. The summed E-state index contributed by atoms with van der Waals surface area (Å²) in [6, 6.07) is 12.7. The van der Waals surface area contributed by atoms with Crippen molar-refractivity contribution >= 4 is 5.69 Å². The Bertz CT molecular complexity index is 568. The number of para-hydroxylation sites is 1. The van der Waals surface area contributed by atoms with Crippen LogP contribution in [-0.4, -0.2) is 6.54 Å². The number of hydrogen-bond acceptors (Lipinski definition) is 2. The molecule has 18 heavy (non-hydrogen) atoms. The molecule has 0 saturated carbocycles. The Morgan fingerprint density at radius 1 is 1.17 bits per heavy atom. The molecule has 0 aliphatic carbocycles. The first-order chi connectivity index (χ1) is 8.83. The Balaban J connectivity index is 1.72. The number of ether oxygens (including phenoxy) is 1. The quantitative estimate of drug-likeness (QED) is 0.892. The van der Waals surface area contributed by atoms with Crippen LogP contribution in [0.15, 0.2) is 42.5 Å². The van der Waals surface area contributed by atoms with Crippen LogP contribution in [0.25, 0.3) is 0 Å². The van der Waals surface area contributed by atoms with Gasteiger partial charge in [0, 0.05) is 12.2 Å². The lowest BCUT2D eigenvalue weighted by molar-refractivity contribution is 0.290. The fourth-order valence-electron chi connectivity index (χ4n) is 2.17. The van der Waals surface area contributed by atoms with E-state index in [-0.39, 0.29) is 5.82 Å². The van der Waals surface area contributed by atoms with Crippen molar-refractivity contribution in [2.45, 2.75) is 13.0 Å². The highest BCUT2D eigenvalue weighted by Crippen LogP contribution is 2.24. The van der Waals surface area contributed by atoms with Crippen LogP contribution in [0.3, 0.4) is 0 Å². The van der Waals surface area contributed by atoms with Crippen molar-refractivity contribution in [3.8, 4) is 5.75 Å². The lowest BCUT2D eigenvalue weighted by atomic mass is 10.1. The van der Waals surface area contributed by atoms with E-state index in [4.69, 9.17) is 4.74 Å². The Labute approximate surface area is 105 Å². The first kappa shape index (κ1) is 11.1. The second-order valence-corrected chi connectivity index (χ2v) is 4.39. The van der Waals surface area contributed by atoms with Crippen LogP contribution >= 0.6 is 0 Å². The summed E-state index contributed by atoms with van der Waals surface area (Å²) in [6.07, 6.45) is 1.04. The minimum atomic E-state index is -0.319. The molecule has 0 unspecified atom stereocenters. The van der Waals surface area contributed by atoms with Crippen molar-refractivity contribution in [1.82, 2.24) is 0 Å². The zero-order valence-corrected chi connectivity index (χ0v) is 9.95. The minimum Gasteiger partial charge on any atom is -0.486 e. The highest BCUT2D eigenvalue weighted by molar-refractivity contribution is 5.56. The molecule has 2 aromatic carbocycles. The van der Waals surface area contributed by atoms with Crippen molar-refractivity contribution in [3.05, 3.63) is 59.4 Å². The fourth-order valence-corrected chi connectivity index (χ4v) is 2.17. The van der Waals surface area contributed by atoms with Crippen LogP contribution in [0.4, 0.5) is 10.1 Å². The first-order valence-electron chi connectivity index (χ1n) is 6.06. The maximum absolute atomic E-state index is 13.4. The smallest absolute Gasteiger partial charge is 0.165 e. The van der Waals surface area contributed by atoms with Gasteiger partial charge in [0.1, 0.15) is 6.61 Å². The van der Waals surface area contributed by atoms with Gasteiger partial charge in [-0.15, -0.1) is 0 Å². The summed E-state index contributed by atoms with van der Waals surface area (Å²) < 4.78 is 18.9. The second kappa shape index (κ2) is 4.69. The highest BCUT2D eigenvalue weighted by Gasteiger charge is 2.10. The van der Waals surface area contributed by atoms with Crippen LogP contribution in [0.5, 0.6) is 5.75 Å². The summed E-state index contributed by atoms with van der Waals surface area (Å²) in [7, 11) is 0. The highest BCUT2D eigenvalue weighted by atomic mass is 19.1. The molecule has 1 aliphatic heterocycles. The largest absolute Gasteiger partial charge is 0.486 e. The minimum absolute atomic E-state index is 0.302. The summed E-state index contributed by atoms with van der Waals surface area (Å²) in [5, 5.41) is 3.31. The summed E-state index contributed by atoms with van der Waals surface area (Å²) in [5.41, 5.74) is 3.58. The zero-order chi connectivity index (χ0) is 12.4. The van der Waals surface area contributed by atoms with Gasteiger partial charge >= 0.3 is 0 Å². The summed E-state index contributed by atoms with van der Waals surface area (Å²) in [5.74, 6) is -0.0172. The maximum atomic E-state index is 13.4. The predicted octanol–water partition coefficient (Wildman–Crippen LogP) is 3.37.